The Labute approximate surface area is 100 Å². The lowest BCUT2D eigenvalue weighted by Crippen LogP contribution is -2.31. The van der Waals surface area contributed by atoms with Gasteiger partial charge in [0.1, 0.15) is 0 Å². The van der Waals surface area contributed by atoms with Crippen molar-refractivity contribution in [2.45, 2.75) is 19.4 Å². The van der Waals surface area contributed by atoms with Gasteiger partial charge in [-0.05, 0) is 24.6 Å². The molecule has 1 unspecified atom stereocenters. The molecule has 1 aromatic heterocycles. The van der Waals surface area contributed by atoms with Gasteiger partial charge in [-0.3, -0.25) is 4.79 Å². The average Bonchev–Trinajstić information content (AvgIpc) is 2.67. The number of carbonyl (C=O) groups excluding carboxylic acids is 1. The van der Waals surface area contributed by atoms with E-state index in [2.05, 4.69) is 15.3 Å². The molecule has 2 rings (SSSR count). The SMILES string of the molecule is CC(NC(=O)C(F)F)c1ccc2[nH]c(=O)[nH]c2c1. The topological polar surface area (TPSA) is 77.8 Å². The van der Waals surface area contributed by atoms with Crippen molar-refractivity contribution in [2.75, 3.05) is 0 Å². The highest BCUT2D eigenvalue weighted by Gasteiger charge is 2.18. The Kier molecular flexibility index (Phi) is 3.14. The lowest BCUT2D eigenvalue weighted by Gasteiger charge is -2.13. The molecule has 0 saturated carbocycles. The quantitative estimate of drug-likeness (QED) is 0.773. The van der Waals surface area contributed by atoms with E-state index < -0.39 is 18.4 Å². The van der Waals surface area contributed by atoms with E-state index >= 15 is 0 Å². The highest BCUT2D eigenvalue weighted by molar-refractivity contribution is 5.80. The minimum absolute atomic E-state index is 0.341. The number of imidazole rings is 1. The standard InChI is InChI=1S/C11H11F2N3O2/c1-5(14-10(17)9(12)13)6-2-3-7-8(4-6)16-11(18)15-7/h2-5,9H,1H3,(H,14,17)(H2,15,16,18). The molecule has 0 radical (unpaired) electrons. The maximum Gasteiger partial charge on any atom is 0.323 e. The van der Waals surface area contributed by atoms with Crippen molar-refractivity contribution in [3.05, 3.63) is 34.2 Å². The molecule has 5 nitrogen and oxygen atoms in total. The van der Waals surface area contributed by atoms with Crippen molar-refractivity contribution < 1.29 is 13.6 Å². The molecule has 7 heteroatoms. The van der Waals surface area contributed by atoms with Crippen molar-refractivity contribution >= 4 is 16.9 Å². The van der Waals surface area contributed by atoms with Gasteiger partial charge in [-0.15, -0.1) is 0 Å². The van der Waals surface area contributed by atoms with Crippen LogP contribution in [0, 0.1) is 0 Å². The Bertz CT molecular complexity index is 632. The van der Waals surface area contributed by atoms with Gasteiger partial charge < -0.3 is 15.3 Å². The van der Waals surface area contributed by atoms with Gasteiger partial charge in [-0.2, -0.15) is 8.78 Å². The summed E-state index contributed by atoms with van der Waals surface area (Å²) in [6.45, 7) is 1.59. The molecule has 1 amide bonds. The fourth-order valence-electron chi connectivity index (χ4n) is 1.68. The van der Waals surface area contributed by atoms with Crippen LogP contribution in [0.5, 0.6) is 0 Å². The fraction of sp³-hybridized carbons (Fsp3) is 0.273. The van der Waals surface area contributed by atoms with Gasteiger partial charge in [0.05, 0.1) is 17.1 Å². The number of alkyl halides is 2. The number of benzene rings is 1. The van der Waals surface area contributed by atoms with Gasteiger partial charge in [-0.25, -0.2) is 4.79 Å². The van der Waals surface area contributed by atoms with Crippen LogP contribution in [-0.4, -0.2) is 22.3 Å². The zero-order chi connectivity index (χ0) is 13.3. The van der Waals surface area contributed by atoms with Crippen molar-refractivity contribution in [2.24, 2.45) is 0 Å². The number of fused-ring (bicyclic) bond motifs is 1. The van der Waals surface area contributed by atoms with E-state index in [4.69, 9.17) is 0 Å². The minimum atomic E-state index is -3.04. The Balaban J connectivity index is 2.24. The molecule has 0 aliphatic heterocycles. The predicted octanol–water partition coefficient (Wildman–Crippen LogP) is 1.30. The van der Waals surface area contributed by atoms with Crippen LogP contribution in [0.4, 0.5) is 8.78 Å². The van der Waals surface area contributed by atoms with Gasteiger partial charge in [-0.1, -0.05) is 6.07 Å². The van der Waals surface area contributed by atoms with Gasteiger partial charge in [0.2, 0.25) is 0 Å². The number of carbonyl (C=O) groups is 1. The highest BCUT2D eigenvalue weighted by Crippen LogP contribution is 2.17. The number of aromatic nitrogens is 2. The average molecular weight is 255 g/mol. The van der Waals surface area contributed by atoms with Crippen LogP contribution in [0.25, 0.3) is 11.0 Å². The summed E-state index contributed by atoms with van der Waals surface area (Å²) in [5.41, 5.74) is 1.48. The molecule has 3 N–H and O–H groups in total. The molecule has 1 atom stereocenters. The predicted molar refractivity (Wildman–Crippen MR) is 61.5 cm³/mol. The highest BCUT2D eigenvalue weighted by atomic mass is 19.3. The summed E-state index contributed by atoms with van der Waals surface area (Å²) < 4.78 is 24.2. The summed E-state index contributed by atoms with van der Waals surface area (Å²) in [4.78, 5) is 27.0. The lowest BCUT2D eigenvalue weighted by molar-refractivity contribution is -0.132. The molecule has 1 aromatic carbocycles. The number of nitrogens with one attached hydrogen (secondary N) is 3. The van der Waals surface area contributed by atoms with Crippen molar-refractivity contribution in [1.29, 1.82) is 0 Å². The van der Waals surface area contributed by atoms with Crippen LogP contribution in [0.3, 0.4) is 0 Å². The molecule has 0 fully saturated rings. The summed E-state index contributed by atoms with van der Waals surface area (Å²) in [7, 11) is 0. The van der Waals surface area contributed by atoms with Crippen LogP contribution in [0.1, 0.15) is 18.5 Å². The maximum absolute atomic E-state index is 12.1. The zero-order valence-electron chi connectivity index (χ0n) is 9.46. The molecule has 1 heterocycles. The van der Waals surface area contributed by atoms with Crippen LogP contribution in [-0.2, 0) is 4.79 Å². The summed E-state index contributed by atoms with van der Waals surface area (Å²) >= 11 is 0. The second-order valence-corrected chi connectivity index (χ2v) is 3.92. The molecular weight excluding hydrogens is 244 g/mol. The van der Waals surface area contributed by atoms with Crippen molar-refractivity contribution in [3.63, 3.8) is 0 Å². The van der Waals surface area contributed by atoms with Crippen molar-refractivity contribution in [1.82, 2.24) is 15.3 Å². The second kappa shape index (κ2) is 4.59. The largest absolute Gasteiger partial charge is 0.345 e. The molecule has 96 valence electrons. The van der Waals surface area contributed by atoms with Crippen LogP contribution >= 0.6 is 0 Å². The Morgan fingerprint density at radius 3 is 2.61 bits per heavy atom. The summed E-state index contributed by atoms with van der Waals surface area (Å²) in [5, 5.41) is 2.18. The summed E-state index contributed by atoms with van der Waals surface area (Å²) in [5.74, 6) is -1.31. The Morgan fingerprint density at radius 1 is 1.28 bits per heavy atom. The van der Waals surface area contributed by atoms with E-state index in [0.717, 1.165) is 0 Å². The first-order chi connectivity index (χ1) is 8.47. The van der Waals surface area contributed by atoms with Crippen LogP contribution < -0.4 is 11.0 Å². The van der Waals surface area contributed by atoms with E-state index in [1.54, 1.807) is 25.1 Å². The number of hydrogen-bond donors (Lipinski definition) is 3. The van der Waals surface area contributed by atoms with E-state index in [1.807, 2.05) is 0 Å². The van der Waals surface area contributed by atoms with E-state index in [-0.39, 0.29) is 5.69 Å². The molecular formula is C11H11F2N3O2. The third kappa shape index (κ3) is 2.39. The number of H-pyrrole nitrogens is 2. The first-order valence-corrected chi connectivity index (χ1v) is 5.28. The van der Waals surface area contributed by atoms with E-state index in [0.29, 0.717) is 16.6 Å². The molecule has 0 aliphatic carbocycles. The monoisotopic (exact) mass is 255 g/mol. The normalized spacial score (nSPS) is 12.9. The van der Waals surface area contributed by atoms with Gasteiger partial charge in [0, 0.05) is 0 Å². The number of hydrogen-bond acceptors (Lipinski definition) is 2. The van der Waals surface area contributed by atoms with E-state index in [9.17, 15) is 18.4 Å². The first-order valence-electron chi connectivity index (χ1n) is 5.28. The van der Waals surface area contributed by atoms with Gasteiger partial charge in [0.25, 0.3) is 5.91 Å². The molecule has 18 heavy (non-hydrogen) atoms. The number of amides is 1. The van der Waals surface area contributed by atoms with Gasteiger partial charge in [0.15, 0.2) is 0 Å². The Hall–Kier alpha value is -2.18. The molecule has 2 aromatic rings. The van der Waals surface area contributed by atoms with Gasteiger partial charge >= 0.3 is 12.1 Å². The first kappa shape index (κ1) is 12.3. The van der Waals surface area contributed by atoms with Crippen molar-refractivity contribution in [3.8, 4) is 0 Å². The molecule has 0 spiro atoms. The number of halogens is 2. The molecule has 0 saturated heterocycles. The second-order valence-electron chi connectivity index (χ2n) is 3.92. The smallest absolute Gasteiger partial charge is 0.323 e. The van der Waals surface area contributed by atoms with E-state index in [1.165, 1.54) is 0 Å². The third-order valence-corrected chi connectivity index (χ3v) is 2.60. The summed E-state index contributed by atoms with van der Waals surface area (Å²) in [6.07, 6.45) is -3.04. The molecule has 0 bridgehead atoms. The fourth-order valence-corrected chi connectivity index (χ4v) is 1.68. The number of aromatic amines is 2. The molecule has 0 aliphatic rings. The third-order valence-electron chi connectivity index (χ3n) is 2.60. The number of rotatable bonds is 3. The minimum Gasteiger partial charge on any atom is -0.345 e. The Morgan fingerprint density at radius 2 is 1.94 bits per heavy atom. The zero-order valence-corrected chi connectivity index (χ0v) is 9.46. The van der Waals surface area contributed by atoms with Crippen LogP contribution in [0.2, 0.25) is 0 Å². The summed E-state index contributed by atoms with van der Waals surface area (Å²) in [6, 6.07) is 4.37. The maximum atomic E-state index is 12.1. The van der Waals surface area contributed by atoms with Crippen LogP contribution in [0.15, 0.2) is 23.0 Å². The lowest BCUT2D eigenvalue weighted by atomic mass is 10.1.